The van der Waals surface area contributed by atoms with Crippen LogP contribution in [0.3, 0.4) is 0 Å². The molecular weight excluding hydrogens is 691 g/mol. The number of allylic oxidation sites excluding steroid dienone is 6. The number of aliphatic hydroxyl groups is 3. The Bertz CT molecular complexity index is 870. The molecule has 0 aromatic carbocycles. The van der Waals surface area contributed by atoms with Gasteiger partial charge in [0.05, 0.1) is 18.8 Å². The molecule has 0 aliphatic carbocycles. The first-order valence-electron chi connectivity index (χ1n) is 24.8. The summed E-state index contributed by atoms with van der Waals surface area (Å²) < 4.78 is 0. The quantitative estimate of drug-likeness (QED) is 0.0281. The summed E-state index contributed by atoms with van der Waals surface area (Å²) in [6.45, 7) is 4.16. The average molecular weight is 788 g/mol. The number of unbranched alkanes of at least 4 members (excludes halogenated alkanes) is 32. The molecule has 3 atom stereocenters. The van der Waals surface area contributed by atoms with Crippen molar-refractivity contribution in [1.82, 2.24) is 5.32 Å². The SMILES string of the molecule is CCCCC/C=C\C=C/CCCCCCCCCCCCC(=O)NC(CO)C(O)C(O)CCC/C=C/CCCCCCCCCCCCCCCCCCCC. The molecule has 0 saturated carbocycles. The molecule has 56 heavy (non-hydrogen) atoms. The molecule has 0 rings (SSSR count). The second-order valence-corrected chi connectivity index (χ2v) is 17.0. The average Bonchev–Trinajstić information content (AvgIpc) is 3.20. The maximum Gasteiger partial charge on any atom is 0.220 e. The highest BCUT2D eigenvalue weighted by molar-refractivity contribution is 5.76. The summed E-state index contributed by atoms with van der Waals surface area (Å²) in [4.78, 5) is 12.5. The molecule has 0 spiro atoms. The molecule has 0 aromatic heterocycles. The summed E-state index contributed by atoms with van der Waals surface area (Å²) >= 11 is 0. The van der Waals surface area contributed by atoms with Crippen LogP contribution in [0, 0.1) is 0 Å². The summed E-state index contributed by atoms with van der Waals surface area (Å²) in [7, 11) is 0. The first-order chi connectivity index (χ1) is 27.6. The van der Waals surface area contributed by atoms with Crippen LogP contribution in [0.4, 0.5) is 0 Å². The Balaban J connectivity index is 3.62. The number of rotatable bonds is 45. The lowest BCUT2D eigenvalue weighted by atomic mass is 10.0. The molecule has 5 nitrogen and oxygen atoms in total. The van der Waals surface area contributed by atoms with E-state index in [2.05, 4.69) is 55.6 Å². The molecule has 1 amide bonds. The van der Waals surface area contributed by atoms with Gasteiger partial charge in [-0.1, -0.05) is 224 Å². The zero-order valence-electron chi connectivity index (χ0n) is 37.5. The molecular formula is C51H97NO4. The minimum absolute atomic E-state index is 0.157. The summed E-state index contributed by atoms with van der Waals surface area (Å²) in [5.74, 6) is -0.157. The molecule has 4 N–H and O–H groups in total. The monoisotopic (exact) mass is 788 g/mol. The second kappa shape index (κ2) is 46.3. The predicted molar refractivity (Wildman–Crippen MR) is 245 cm³/mol. The minimum atomic E-state index is -1.16. The fourth-order valence-electron chi connectivity index (χ4n) is 7.63. The Morgan fingerprint density at radius 1 is 0.446 bits per heavy atom. The van der Waals surface area contributed by atoms with Crippen molar-refractivity contribution in [2.24, 2.45) is 0 Å². The van der Waals surface area contributed by atoms with Crippen molar-refractivity contribution in [2.45, 2.75) is 276 Å². The molecule has 0 bridgehead atoms. The topological polar surface area (TPSA) is 89.8 Å². The molecule has 3 unspecified atom stereocenters. The number of nitrogens with one attached hydrogen (secondary N) is 1. The Morgan fingerprint density at radius 2 is 0.768 bits per heavy atom. The standard InChI is InChI=1S/C51H97NO4/c1-3-5-7-9-11-13-15-17-19-21-23-24-25-26-28-29-31-33-35-37-39-41-43-45-49(54)51(56)48(47-53)52-50(55)46-44-42-40-38-36-34-32-30-27-22-20-18-16-14-12-10-8-6-4-2/h12,14,16,18,37,39,48-49,51,53-54,56H,3-11,13,15,17,19-36,38,40-47H2,1-2H3,(H,52,55)/b14-12-,18-16-,39-37+. The van der Waals surface area contributed by atoms with Crippen molar-refractivity contribution >= 4 is 5.91 Å². The van der Waals surface area contributed by atoms with Gasteiger partial charge in [0.2, 0.25) is 5.91 Å². The van der Waals surface area contributed by atoms with E-state index in [0.717, 1.165) is 38.5 Å². The van der Waals surface area contributed by atoms with Gasteiger partial charge in [-0.15, -0.1) is 0 Å². The van der Waals surface area contributed by atoms with E-state index >= 15 is 0 Å². The molecule has 5 heteroatoms. The van der Waals surface area contributed by atoms with Crippen LogP contribution in [0.2, 0.25) is 0 Å². The van der Waals surface area contributed by atoms with Crippen LogP contribution in [0.25, 0.3) is 0 Å². The second-order valence-electron chi connectivity index (χ2n) is 17.0. The van der Waals surface area contributed by atoms with E-state index in [1.54, 1.807) is 0 Å². The van der Waals surface area contributed by atoms with Crippen molar-refractivity contribution in [3.8, 4) is 0 Å². The van der Waals surface area contributed by atoms with Crippen LogP contribution in [0.1, 0.15) is 258 Å². The predicted octanol–water partition coefficient (Wildman–Crippen LogP) is 14.7. The zero-order chi connectivity index (χ0) is 40.8. The van der Waals surface area contributed by atoms with Crippen molar-refractivity contribution in [3.63, 3.8) is 0 Å². The van der Waals surface area contributed by atoms with E-state index in [-0.39, 0.29) is 12.5 Å². The highest BCUT2D eigenvalue weighted by Gasteiger charge is 2.26. The Kier molecular flexibility index (Phi) is 45.1. The maximum atomic E-state index is 12.5. The van der Waals surface area contributed by atoms with E-state index in [0.29, 0.717) is 12.8 Å². The van der Waals surface area contributed by atoms with Gasteiger partial charge < -0.3 is 20.6 Å². The van der Waals surface area contributed by atoms with Gasteiger partial charge >= 0.3 is 0 Å². The number of hydrogen-bond donors (Lipinski definition) is 4. The lowest BCUT2D eigenvalue weighted by Gasteiger charge is -2.26. The van der Waals surface area contributed by atoms with Gasteiger partial charge in [0, 0.05) is 6.42 Å². The summed E-state index contributed by atoms with van der Waals surface area (Å²) in [6, 6.07) is -0.828. The van der Waals surface area contributed by atoms with Gasteiger partial charge in [0.1, 0.15) is 6.10 Å². The van der Waals surface area contributed by atoms with Crippen molar-refractivity contribution in [1.29, 1.82) is 0 Å². The Labute approximate surface area is 349 Å². The van der Waals surface area contributed by atoms with Gasteiger partial charge in [0.25, 0.3) is 0 Å². The van der Waals surface area contributed by atoms with Crippen LogP contribution in [0.15, 0.2) is 36.5 Å². The number of carbonyl (C=O) groups excluding carboxylic acids is 1. The maximum absolute atomic E-state index is 12.5. The van der Waals surface area contributed by atoms with Crippen molar-refractivity contribution < 1.29 is 20.1 Å². The molecule has 0 aliphatic heterocycles. The molecule has 0 heterocycles. The largest absolute Gasteiger partial charge is 0.394 e. The fraction of sp³-hybridized carbons (Fsp3) is 0.863. The van der Waals surface area contributed by atoms with Crippen molar-refractivity contribution in [2.75, 3.05) is 6.61 Å². The lowest BCUT2D eigenvalue weighted by Crippen LogP contribution is -2.50. The first-order valence-corrected chi connectivity index (χ1v) is 24.8. The number of amides is 1. The van der Waals surface area contributed by atoms with Gasteiger partial charge in [-0.2, -0.15) is 0 Å². The van der Waals surface area contributed by atoms with Gasteiger partial charge in [-0.25, -0.2) is 0 Å². The first kappa shape index (κ1) is 54.6. The lowest BCUT2D eigenvalue weighted by molar-refractivity contribution is -0.124. The molecule has 0 fully saturated rings. The fourth-order valence-corrected chi connectivity index (χ4v) is 7.63. The van der Waals surface area contributed by atoms with E-state index in [1.807, 2.05) is 0 Å². The zero-order valence-corrected chi connectivity index (χ0v) is 37.5. The van der Waals surface area contributed by atoms with E-state index in [9.17, 15) is 20.1 Å². The number of carbonyl (C=O) groups is 1. The normalized spacial score (nSPS) is 13.7. The third-order valence-corrected chi connectivity index (χ3v) is 11.5. The molecule has 0 saturated heterocycles. The van der Waals surface area contributed by atoms with E-state index < -0.39 is 18.2 Å². The Hall–Kier alpha value is -1.43. The van der Waals surface area contributed by atoms with Gasteiger partial charge in [0.15, 0.2) is 0 Å². The molecule has 0 radical (unpaired) electrons. The Morgan fingerprint density at radius 3 is 1.18 bits per heavy atom. The molecule has 330 valence electrons. The summed E-state index contributed by atoms with van der Waals surface area (Å²) in [6.07, 6.45) is 58.4. The third kappa shape index (κ3) is 40.8. The summed E-state index contributed by atoms with van der Waals surface area (Å²) in [5.41, 5.74) is 0. The van der Waals surface area contributed by atoms with Crippen LogP contribution in [-0.2, 0) is 4.79 Å². The third-order valence-electron chi connectivity index (χ3n) is 11.5. The van der Waals surface area contributed by atoms with Gasteiger partial charge in [-0.3, -0.25) is 4.79 Å². The van der Waals surface area contributed by atoms with Crippen LogP contribution in [-0.4, -0.2) is 46.1 Å². The van der Waals surface area contributed by atoms with E-state index in [4.69, 9.17) is 0 Å². The minimum Gasteiger partial charge on any atom is -0.394 e. The highest BCUT2D eigenvalue weighted by atomic mass is 16.3. The molecule has 0 aliphatic rings. The van der Waals surface area contributed by atoms with Crippen LogP contribution >= 0.6 is 0 Å². The number of aliphatic hydroxyl groups excluding tert-OH is 3. The van der Waals surface area contributed by atoms with Crippen molar-refractivity contribution in [3.05, 3.63) is 36.5 Å². The number of hydrogen-bond acceptors (Lipinski definition) is 4. The smallest absolute Gasteiger partial charge is 0.220 e. The van der Waals surface area contributed by atoms with Crippen LogP contribution < -0.4 is 5.32 Å². The van der Waals surface area contributed by atoms with E-state index in [1.165, 1.54) is 193 Å². The summed E-state index contributed by atoms with van der Waals surface area (Å²) in [5, 5.41) is 33.6. The van der Waals surface area contributed by atoms with Gasteiger partial charge in [-0.05, 0) is 64.2 Å². The van der Waals surface area contributed by atoms with Crippen LogP contribution in [0.5, 0.6) is 0 Å². The highest BCUT2D eigenvalue weighted by Crippen LogP contribution is 2.16. The molecule has 0 aromatic rings.